The number of hydrogen-bond donors (Lipinski definition) is 2. The minimum atomic E-state index is 0.434. The van der Waals surface area contributed by atoms with Crippen LogP contribution in [0.15, 0.2) is 78.0 Å². The van der Waals surface area contributed by atoms with E-state index in [0.717, 1.165) is 17.0 Å². The van der Waals surface area contributed by atoms with Gasteiger partial charge in [0.15, 0.2) is 5.96 Å². The van der Waals surface area contributed by atoms with Gasteiger partial charge in [-0.3, -0.25) is 9.98 Å². The van der Waals surface area contributed by atoms with E-state index in [9.17, 15) is 0 Å². The first-order valence-corrected chi connectivity index (χ1v) is 9.43. The molecule has 2 aromatic heterocycles. The molecule has 150 valence electrons. The molecule has 0 saturated carbocycles. The highest BCUT2D eigenvalue weighted by Gasteiger charge is 2.01. The Labute approximate surface area is 170 Å². The van der Waals surface area contributed by atoms with E-state index in [-0.39, 0.29) is 0 Å². The number of nitrogens with zero attached hydrogens (tertiary/aromatic N) is 3. The van der Waals surface area contributed by atoms with Crippen molar-refractivity contribution in [3.05, 3.63) is 84.3 Å². The molecule has 2 N–H and O–H groups in total. The first kappa shape index (κ1) is 20.1. The Bertz CT molecular complexity index is 871. The van der Waals surface area contributed by atoms with Crippen LogP contribution in [0.2, 0.25) is 0 Å². The fraction of sp³-hybridized carbons (Fsp3) is 0.227. The highest BCUT2D eigenvalue weighted by molar-refractivity contribution is 5.79. The number of aliphatic imine (C=N–C) groups is 1. The van der Waals surface area contributed by atoms with Gasteiger partial charge in [-0.25, -0.2) is 4.98 Å². The first-order chi connectivity index (χ1) is 14.3. The molecule has 3 rings (SSSR count). The van der Waals surface area contributed by atoms with E-state index in [1.165, 1.54) is 0 Å². The van der Waals surface area contributed by atoms with Crippen molar-refractivity contribution < 1.29 is 9.47 Å². The standard InChI is InChI=1S/C22H25N5O2/c1-23-22(27-17-19-7-5-6-12-24-19)26-16-18-10-11-21(25-15-18)29-14-13-28-20-8-3-2-4-9-20/h2-12,15H,13-14,16-17H2,1H3,(H2,23,26,27). The van der Waals surface area contributed by atoms with Crippen LogP contribution < -0.4 is 20.1 Å². The van der Waals surface area contributed by atoms with E-state index < -0.39 is 0 Å². The number of benzene rings is 1. The molecule has 0 aliphatic heterocycles. The van der Waals surface area contributed by atoms with Gasteiger partial charge in [-0.05, 0) is 29.8 Å². The minimum Gasteiger partial charge on any atom is -0.490 e. The van der Waals surface area contributed by atoms with Crippen molar-refractivity contribution >= 4 is 5.96 Å². The Morgan fingerprint density at radius 1 is 0.862 bits per heavy atom. The smallest absolute Gasteiger partial charge is 0.213 e. The number of hydrogen-bond acceptors (Lipinski definition) is 5. The minimum absolute atomic E-state index is 0.434. The van der Waals surface area contributed by atoms with Gasteiger partial charge >= 0.3 is 0 Å². The maximum Gasteiger partial charge on any atom is 0.213 e. The zero-order chi connectivity index (χ0) is 20.2. The van der Waals surface area contributed by atoms with Gasteiger partial charge in [0, 0.05) is 32.1 Å². The molecular formula is C22H25N5O2. The summed E-state index contributed by atoms with van der Waals surface area (Å²) in [6.07, 6.45) is 3.56. The highest BCUT2D eigenvalue weighted by Crippen LogP contribution is 2.10. The fourth-order valence-electron chi connectivity index (χ4n) is 2.51. The lowest BCUT2D eigenvalue weighted by atomic mass is 10.3. The molecule has 0 atom stereocenters. The molecule has 3 aromatic rings. The zero-order valence-electron chi connectivity index (χ0n) is 16.4. The maximum atomic E-state index is 5.62. The molecule has 0 spiro atoms. The van der Waals surface area contributed by atoms with Gasteiger partial charge in [-0.2, -0.15) is 0 Å². The summed E-state index contributed by atoms with van der Waals surface area (Å²) in [5.74, 6) is 2.10. The van der Waals surface area contributed by atoms with E-state index >= 15 is 0 Å². The van der Waals surface area contributed by atoms with Gasteiger partial charge in [0.2, 0.25) is 5.88 Å². The van der Waals surface area contributed by atoms with Crippen LogP contribution in [-0.2, 0) is 13.1 Å². The monoisotopic (exact) mass is 391 g/mol. The van der Waals surface area contributed by atoms with Crippen molar-refractivity contribution in [1.29, 1.82) is 0 Å². The average Bonchev–Trinajstić information content (AvgIpc) is 2.79. The maximum absolute atomic E-state index is 5.62. The van der Waals surface area contributed by atoms with Crippen LogP contribution in [0.3, 0.4) is 0 Å². The van der Waals surface area contributed by atoms with E-state index in [4.69, 9.17) is 9.47 Å². The molecule has 2 heterocycles. The number of guanidine groups is 1. The van der Waals surface area contributed by atoms with Crippen LogP contribution in [-0.4, -0.2) is 36.2 Å². The van der Waals surface area contributed by atoms with Crippen molar-refractivity contribution in [1.82, 2.24) is 20.6 Å². The van der Waals surface area contributed by atoms with Crippen molar-refractivity contribution in [3.63, 3.8) is 0 Å². The second-order valence-electron chi connectivity index (χ2n) is 6.12. The second kappa shape index (κ2) is 11.3. The number of pyridine rings is 2. The Kier molecular flexibility index (Phi) is 7.83. The normalized spacial score (nSPS) is 11.0. The van der Waals surface area contributed by atoms with E-state index in [1.807, 2.05) is 60.7 Å². The molecule has 0 aliphatic carbocycles. The predicted octanol–water partition coefficient (Wildman–Crippen LogP) is 2.80. The van der Waals surface area contributed by atoms with E-state index in [0.29, 0.717) is 38.1 Å². The quantitative estimate of drug-likeness (QED) is 0.332. The summed E-state index contributed by atoms with van der Waals surface area (Å²) in [6, 6.07) is 19.3. The summed E-state index contributed by atoms with van der Waals surface area (Å²) < 4.78 is 11.2. The highest BCUT2D eigenvalue weighted by atomic mass is 16.5. The van der Waals surface area contributed by atoms with Crippen molar-refractivity contribution in [2.75, 3.05) is 20.3 Å². The molecule has 7 heteroatoms. The first-order valence-electron chi connectivity index (χ1n) is 9.43. The number of aromatic nitrogens is 2. The third-order valence-corrected chi connectivity index (χ3v) is 3.99. The molecule has 0 aliphatic rings. The molecule has 0 saturated heterocycles. The lowest BCUT2D eigenvalue weighted by Gasteiger charge is -2.12. The number of nitrogens with one attached hydrogen (secondary N) is 2. The van der Waals surface area contributed by atoms with E-state index in [2.05, 4.69) is 25.6 Å². The predicted molar refractivity (Wildman–Crippen MR) is 113 cm³/mol. The fourth-order valence-corrected chi connectivity index (χ4v) is 2.51. The SMILES string of the molecule is CN=C(NCc1ccc(OCCOc2ccccc2)nc1)NCc1ccccn1. The molecular weight excluding hydrogens is 366 g/mol. The molecule has 0 radical (unpaired) electrons. The Balaban J connectivity index is 1.37. The summed E-state index contributed by atoms with van der Waals surface area (Å²) in [6.45, 7) is 2.11. The van der Waals surface area contributed by atoms with Crippen LogP contribution in [0.5, 0.6) is 11.6 Å². The second-order valence-corrected chi connectivity index (χ2v) is 6.12. The van der Waals surface area contributed by atoms with Crippen LogP contribution in [0.1, 0.15) is 11.3 Å². The van der Waals surface area contributed by atoms with Crippen molar-refractivity contribution in [2.45, 2.75) is 13.1 Å². The molecule has 0 amide bonds. The average molecular weight is 391 g/mol. The van der Waals surface area contributed by atoms with Crippen LogP contribution >= 0.6 is 0 Å². The van der Waals surface area contributed by atoms with Crippen molar-refractivity contribution in [2.24, 2.45) is 4.99 Å². The number of para-hydroxylation sites is 1. The Hall–Kier alpha value is -3.61. The molecule has 1 aromatic carbocycles. The molecule has 29 heavy (non-hydrogen) atoms. The Morgan fingerprint density at radius 2 is 1.66 bits per heavy atom. The van der Waals surface area contributed by atoms with Gasteiger partial charge in [0.1, 0.15) is 19.0 Å². The molecule has 7 nitrogen and oxygen atoms in total. The van der Waals surface area contributed by atoms with Gasteiger partial charge in [0.05, 0.1) is 12.2 Å². The van der Waals surface area contributed by atoms with Crippen LogP contribution in [0.4, 0.5) is 0 Å². The van der Waals surface area contributed by atoms with Gasteiger partial charge < -0.3 is 20.1 Å². The molecule has 0 fully saturated rings. The Morgan fingerprint density at radius 3 is 2.38 bits per heavy atom. The van der Waals surface area contributed by atoms with Gasteiger partial charge in [0.25, 0.3) is 0 Å². The van der Waals surface area contributed by atoms with Crippen LogP contribution in [0.25, 0.3) is 0 Å². The largest absolute Gasteiger partial charge is 0.490 e. The summed E-state index contributed by atoms with van der Waals surface area (Å²) >= 11 is 0. The van der Waals surface area contributed by atoms with E-state index in [1.54, 1.807) is 19.4 Å². The summed E-state index contributed by atoms with van der Waals surface area (Å²) in [5, 5.41) is 6.49. The molecule has 0 bridgehead atoms. The third-order valence-electron chi connectivity index (χ3n) is 3.99. The summed E-state index contributed by atoms with van der Waals surface area (Å²) in [7, 11) is 1.74. The van der Waals surface area contributed by atoms with Gasteiger partial charge in [-0.1, -0.05) is 30.3 Å². The molecule has 0 unspecified atom stereocenters. The lowest BCUT2D eigenvalue weighted by Crippen LogP contribution is -2.36. The third kappa shape index (κ3) is 7.14. The topological polar surface area (TPSA) is 80.7 Å². The summed E-state index contributed by atoms with van der Waals surface area (Å²) in [4.78, 5) is 12.8. The lowest BCUT2D eigenvalue weighted by molar-refractivity contribution is 0.212. The van der Waals surface area contributed by atoms with Crippen LogP contribution in [0, 0.1) is 0 Å². The zero-order valence-corrected chi connectivity index (χ0v) is 16.4. The number of rotatable bonds is 9. The summed E-state index contributed by atoms with van der Waals surface area (Å²) in [5.41, 5.74) is 1.98. The van der Waals surface area contributed by atoms with Gasteiger partial charge in [-0.15, -0.1) is 0 Å². The van der Waals surface area contributed by atoms with Crippen molar-refractivity contribution in [3.8, 4) is 11.6 Å². The number of ether oxygens (including phenoxy) is 2.